The minimum atomic E-state index is -0.132. The minimum absolute atomic E-state index is 0.110. The van der Waals surface area contributed by atoms with Gasteiger partial charge in [-0.05, 0) is 49.1 Å². The number of aromatic hydroxyl groups is 1. The summed E-state index contributed by atoms with van der Waals surface area (Å²) in [6.07, 6.45) is 3.94. The van der Waals surface area contributed by atoms with Crippen molar-refractivity contribution in [2.24, 2.45) is 5.92 Å². The zero-order chi connectivity index (χ0) is 20.0. The molecule has 0 aliphatic carbocycles. The molecule has 1 saturated heterocycles. The van der Waals surface area contributed by atoms with Gasteiger partial charge in [-0.2, -0.15) is 9.50 Å². The van der Waals surface area contributed by atoms with Crippen molar-refractivity contribution in [2.45, 2.75) is 25.8 Å². The Kier molecular flexibility index (Phi) is 4.81. The number of fused-ring (bicyclic) bond motifs is 1. The lowest BCUT2D eigenvalue weighted by Gasteiger charge is -2.37. The zero-order valence-corrected chi connectivity index (χ0v) is 17.5. The lowest BCUT2D eigenvalue weighted by Crippen LogP contribution is -2.37. The molecule has 1 aromatic carbocycles. The maximum Gasteiger partial charge on any atom is 0.230 e. The molecule has 150 valence electrons. The maximum atomic E-state index is 11.1. The highest BCUT2D eigenvalue weighted by atomic mass is 35.5. The molecule has 4 heterocycles. The number of rotatable bonds is 4. The average molecular weight is 429 g/mol. The second-order valence-corrected chi connectivity index (χ2v) is 8.98. The van der Waals surface area contributed by atoms with Crippen LogP contribution in [0.4, 0.5) is 0 Å². The Balaban J connectivity index is 1.62. The van der Waals surface area contributed by atoms with Crippen LogP contribution in [0, 0.1) is 5.92 Å². The van der Waals surface area contributed by atoms with Crippen LogP contribution in [-0.4, -0.2) is 37.7 Å². The number of hydrogen-bond acceptors (Lipinski definition) is 6. The van der Waals surface area contributed by atoms with E-state index in [2.05, 4.69) is 21.9 Å². The van der Waals surface area contributed by atoms with Crippen LogP contribution in [0.1, 0.15) is 36.2 Å². The molecular formula is C21H21ClN4O2S. The van der Waals surface area contributed by atoms with Gasteiger partial charge in [-0.3, -0.25) is 4.90 Å². The third-order valence-corrected chi connectivity index (χ3v) is 6.86. The number of aromatic nitrogens is 3. The molecule has 5 rings (SSSR count). The predicted molar refractivity (Wildman–Crippen MR) is 113 cm³/mol. The summed E-state index contributed by atoms with van der Waals surface area (Å²) in [5.74, 6) is 1.75. The summed E-state index contributed by atoms with van der Waals surface area (Å²) in [5.41, 5.74) is 0.995. The molecule has 1 fully saturated rings. The summed E-state index contributed by atoms with van der Waals surface area (Å²) in [5, 5.41) is 16.2. The van der Waals surface area contributed by atoms with E-state index >= 15 is 0 Å². The topological polar surface area (TPSA) is 66.8 Å². The number of hydrogen-bond donors (Lipinski definition) is 1. The van der Waals surface area contributed by atoms with Gasteiger partial charge >= 0.3 is 0 Å². The van der Waals surface area contributed by atoms with Gasteiger partial charge in [0.1, 0.15) is 0 Å². The number of furan rings is 1. The van der Waals surface area contributed by atoms with Gasteiger partial charge in [-0.1, -0.05) is 48.1 Å². The van der Waals surface area contributed by atoms with Crippen molar-refractivity contribution >= 4 is 27.9 Å². The van der Waals surface area contributed by atoms with Crippen LogP contribution >= 0.6 is 22.9 Å². The van der Waals surface area contributed by atoms with E-state index in [0.717, 1.165) is 30.0 Å². The van der Waals surface area contributed by atoms with Gasteiger partial charge in [0.15, 0.2) is 5.76 Å². The van der Waals surface area contributed by atoms with Gasteiger partial charge in [0.25, 0.3) is 0 Å². The van der Waals surface area contributed by atoms with E-state index in [1.54, 1.807) is 18.4 Å². The molecule has 0 radical (unpaired) electrons. The minimum Gasteiger partial charge on any atom is -0.492 e. The zero-order valence-electron chi connectivity index (χ0n) is 16.0. The third-order valence-electron chi connectivity index (χ3n) is 5.44. The molecule has 2 unspecified atom stereocenters. The largest absolute Gasteiger partial charge is 0.492 e. The first kappa shape index (κ1) is 18.7. The van der Waals surface area contributed by atoms with Gasteiger partial charge in [-0.25, -0.2) is 0 Å². The standard InChI is InChI=1S/C21H21ClN4O2S/c1-13-6-4-10-25(12-13)17(14-7-2-3-8-15(14)22)18-20(27)26-21(29-18)23-19(24-26)16-9-5-11-28-16/h2-3,5,7-9,11,13,17,27H,4,6,10,12H2,1H3. The Morgan fingerprint density at radius 3 is 2.86 bits per heavy atom. The third kappa shape index (κ3) is 3.33. The number of piperidine rings is 1. The first-order chi connectivity index (χ1) is 14.1. The summed E-state index contributed by atoms with van der Waals surface area (Å²) < 4.78 is 6.88. The smallest absolute Gasteiger partial charge is 0.230 e. The quantitative estimate of drug-likeness (QED) is 0.482. The molecule has 3 aromatic heterocycles. The molecule has 4 aromatic rings. The van der Waals surface area contributed by atoms with E-state index in [-0.39, 0.29) is 11.9 Å². The van der Waals surface area contributed by atoms with Crippen LogP contribution in [-0.2, 0) is 0 Å². The van der Waals surface area contributed by atoms with Crippen molar-refractivity contribution in [1.29, 1.82) is 0 Å². The highest BCUT2D eigenvalue weighted by Gasteiger charge is 2.33. The van der Waals surface area contributed by atoms with E-state index in [1.807, 2.05) is 24.3 Å². The number of halogens is 1. The maximum absolute atomic E-state index is 11.1. The Hall–Kier alpha value is -2.35. The molecule has 1 aliphatic heterocycles. The van der Waals surface area contributed by atoms with Crippen LogP contribution in [0.3, 0.4) is 0 Å². The van der Waals surface area contributed by atoms with Crippen LogP contribution in [0.5, 0.6) is 5.88 Å². The summed E-state index contributed by atoms with van der Waals surface area (Å²) >= 11 is 8.03. The van der Waals surface area contributed by atoms with Gasteiger partial charge in [0.05, 0.1) is 17.2 Å². The second-order valence-electron chi connectivity index (χ2n) is 7.56. The van der Waals surface area contributed by atoms with E-state index in [0.29, 0.717) is 27.5 Å². The van der Waals surface area contributed by atoms with E-state index in [4.69, 9.17) is 16.0 Å². The van der Waals surface area contributed by atoms with Crippen molar-refractivity contribution in [3.63, 3.8) is 0 Å². The highest BCUT2D eigenvalue weighted by Crippen LogP contribution is 2.43. The molecule has 2 atom stereocenters. The fourth-order valence-corrected chi connectivity index (χ4v) is 5.45. The fourth-order valence-electron chi connectivity index (χ4n) is 4.10. The van der Waals surface area contributed by atoms with Crippen molar-refractivity contribution in [3.8, 4) is 17.5 Å². The van der Waals surface area contributed by atoms with Crippen molar-refractivity contribution < 1.29 is 9.52 Å². The van der Waals surface area contributed by atoms with E-state index < -0.39 is 0 Å². The average Bonchev–Trinajstić information content (AvgIpc) is 3.43. The van der Waals surface area contributed by atoms with Gasteiger partial charge < -0.3 is 9.52 Å². The molecule has 0 saturated carbocycles. The van der Waals surface area contributed by atoms with Gasteiger partial charge in [0.2, 0.25) is 16.7 Å². The molecule has 0 amide bonds. The normalized spacial score (nSPS) is 19.0. The van der Waals surface area contributed by atoms with Gasteiger partial charge in [-0.15, -0.1) is 5.10 Å². The number of nitrogens with zero attached hydrogens (tertiary/aromatic N) is 4. The first-order valence-electron chi connectivity index (χ1n) is 9.72. The number of likely N-dealkylation sites (tertiary alicyclic amines) is 1. The summed E-state index contributed by atoms with van der Waals surface area (Å²) in [6.45, 7) is 4.19. The SMILES string of the molecule is CC1CCCN(C(c2ccccc2Cl)c2sc3nc(-c4ccco4)nn3c2O)C1. The van der Waals surface area contributed by atoms with E-state index in [9.17, 15) is 5.11 Å². The molecular weight excluding hydrogens is 408 g/mol. The van der Waals surface area contributed by atoms with Crippen molar-refractivity contribution in [2.75, 3.05) is 13.1 Å². The molecule has 1 aliphatic rings. The number of thiazole rings is 1. The molecule has 29 heavy (non-hydrogen) atoms. The Bertz CT molecular complexity index is 1140. The van der Waals surface area contributed by atoms with Crippen LogP contribution in [0.15, 0.2) is 47.1 Å². The summed E-state index contributed by atoms with van der Waals surface area (Å²) in [7, 11) is 0. The van der Waals surface area contributed by atoms with Crippen LogP contribution < -0.4 is 0 Å². The first-order valence-corrected chi connectivity index (χ1v) is 10.9. The number of benzene rings is 1. The van der Waals surface area contributed by atoms with Crippen LogP contribution in [0.25, 0.3) is 16.5 Å². The lowest BCUT2D eigenvalue weighted by atomic mass is 9.95. The molecule has 1 N–H and O–H groups in total. The molecule has 0 spiro atoms. The molecule has 0 bridgehead atoms. The second kappa shape index (κ2) is 7.48. The molecule has 8 heteroatoms. The van der Waals surface area contributed by atoms with Crippen LogP contribution in [0.2, 0.25) is 5.02 Å². The Morgan fingerprint density at radius 1 is 1.28 bits per heavy atom. The highest BCUT2D eigenvalue weighted by molar-refractivity contribution is 7.17. The van der Waals surface area contributed by atoms with Crippen molar-refractivity contribution in [3.05, 3.63) is 58.1 Å². The monoisotopic (exact) mass is 428 g/mol. The lowest BCUT2D eigenvalue weighted by molar-refractivity contribution is 0.149. The fraction of sp³-hybridized carbons (Fsp3) is 0.333. The summed E-state index contributed by atoms with van der Waals surface area (Å²) in [4.78, 5) is 8.41. The predicted octanol–water partition coefficient (Wildman–Crippen LogP) is 5.23. The Labute approximate surface area is 177 Å². The van der Waals surface area contributed by atoms with Crippen molar-refractivity contribution in [1.82, 2.24) is 19.5 Å². The van der Waals surface area contributed by atoms with E-state index in [1.165, 1.54) is 22.3 Å². The summed E-state index contributed by atoms with van der Waals surface area (Å²) in [6, 6.07) is 11.3. The van der Waals surface area contributed by atoms with Gasteiger partial charge in [0, 0.05) is 11.6 Å². The molecule has 6 nitrogen and oxygen atoms in total. The Morgan fingerprint density at radius 2 is 2.14 bits per heavy atom.